The number of anilines is 1. The highest BCUT2D eigenvalue weighted by molar-refractivity contribution is 5.93. The second-order valence-corrected chi connectivity index (χ2v) is 6.67. The van der Waals surface area contributed by atoms with Crippen molar-refractivity contribution in [3.63, 3.8) is 0 Å². The summed E-state index contributed by atoms with van der Waals surface area (Å²) >= 11 is 0. The summed E-state index contributed by atoms with van der Waals surface area (Å²) in [5, 5.41) is 6.36. The molecule has 1 fully saturated rings. The van der Waals surface area contributed by atoms with E-state index in [0.29, 0.717) is 17.3 Å². The van der Waals surface area contributed by atoms with E-state index in [1.165, 1.54) is 18.4 Å². The molecule has 0 atom stereocenters. The molecule has 6 nitrogen and oxygen atoms in total. The molecule has 6 heteroatoms. The van der Waals surface area contributed by atoms with Gasteiger partial charge < -0.3 is 15.4 Å². The maximum Gasteiger partial charge on any atom is 0.270 e. The first-order valence-corrected chi connectivity index (χ1v) is 9.17. The highest BCUT2D eigenvalue weighted by Gasteiger charge is 2.19. The summed E-state index contributed by atoms with van der Waals surface area (Å²) in [6.07, 6.45) is 5.35. The first-order chi connectivity index (χ1) is 12.6. The van der Waals surface area contributed by atoms with Gasteiger partial charge in [0.25, 0.3) is 5.91 Å². The lowest BCUT2D eigenvalue weighted by atomic mass is 10.1. The van der Waals surface area contributed by atoms with Crippen LogP contribution in [0.2, 0.25) is 0 Å². The number of nitrogens with one attached hydrogen (secondary N) is 2. The number of methoxy groups -OCH3 is 1. The zero-order valence-electron chi connectivity index (χ0n) is 15.4. The second-order valence-electron chi connectivity index (χ2n) is 6.67. The third-order valence-electron chi connectivity index (χ3n) is 4.64. The molecule has 1 aliphatic carbocycles. The van der Waals surface area contributed by atoms with Gasteiger partial charge in [-0.05, 0) is 43.9 Å². The number of hydrogen-bond donors (Lipinski definition) is 2. The lowest BCUT2D eigenvalue weighted by Crippen LogP contribution is -2.33. The Balaban J connectivity index is 1.57. The molecule has 0 aliphatic heterocycles. The molecule has 1 aromatic carbocycles. The number of rotatable bonds is 7. The van der Waals surface area contributed by atoms with Crippen LogP contribution in [0.4, 0.5) is 5.82 Å². The molecule has 1 saturated carbocycles. The van der Waals surface area contributed by atoms with Crippen LogP contribution in [0.1, 0.15) is 47.6 Å². The Hall–Kier alpha value is -2.63. The van der Waals surface area contributed by atoms with Crippen molar-refractivity contribution in [1.29, 1.82) is 0 Å². The van der Waals surface area contributed by atoms with Crippen LogP contribution in [0.3, 0.4) is 0 Å². The summed E-state index contributed by atoms with van der Waals surface area (Å²) in [4.78, 5) is 21.1. The van der Waals surface area contributed by atoms with Crippen LogP contribution < -0.4 is 15.4 Å². The van der Waals surface area contributed by atoms with Crippen LogP contribution in [0.25, 0.3) is 0 Å². The molecule has 0 spiro atoms. The van der Waals surface area contributed by atoms with Gasteiger partial charge in [0.1, 0.15) is 23.1 Å². The predicted molar refractivity (Wildman–Crippen MR) is 102 cm³/mol. The predicted octanol–water partition coefficient (Wildman–Crippen LogP) is 3.12. The van der Waals surface area contributed by atoms with E-state index >= 15 is 0 Å². The van der Waals surface area contributed by atoms with Gasteiger partial charge in [-0.15, -0.1) is 0 Å². The minimum atomic E-state index is -0.111. The third-order valence-corrected chi connectivity index (χ3v) is 4.64. The molecule has 0 radical (unpaired) electrons. The van der Waals surface area contributed by atoms with E-state index in [2.05, 4.69) is 20.6 Å². The summed E-state index contributed by atoms with van der Waals surface area (Å²) < 4.78 is 5.17. The highest BCUT2D eigenvalue weighted by atomic mass is 16.5. The summed E-state index contributed by atoms with van der Waals surface area (Å²) in [7, 11) is 1.66. The monoisotopic (exact) mass is 354 g/mol. The van der Waals surface area contributed by atoms with Crippen molar-refractivity contribution in [3.05, 3.63) is 47.4 Å². The van der Waals surface area contributed by atoms with Crippen molar-refractivity contribution in [2.75, 3.05) is 19.0 Å². The Morgan fingerprint density at radius 1 is 1.19 bits per heavy atom. The van der Waals surface area contributed by atoms with Gasteiger partial charge in [-0.1, -0.05) is 25.0 Å². The number of nitrogens with zero attached hydrogens (tertiary/aromatic N) is 2. The minimum Gasteiger partial charge on any atom is -0.497 e. The lowest BCUT2D eigenvalue weighted by molar-refractivity contribution is 0.0932. The van der Waals surface area contributed by atoms with Crippen molar-refractivity contribution >= 4 is 11.7 Å². The first-order valence-electron chi connectivity index (χ1n) is 9.17. The van der Waals surface area contributed by atoms with E-state index in [0.717, 1.165) is 31.6 Å². The Labute approximate surface area is 154 Å². The van der Waals surface area contributed by atoms with Crippen molar-refractivity contribution in [1.82, 2.24) is 15.3 Å². The highest BCUT2D eigenvalue weighted by Crippen LogP contribution is 2.18. The molecule has 0 bridgehead atoms. The average molecular weight is 354 g/mol. The van der Waals surface area contributed by atoms with Gasteiger partial charge in [0.2, 0.25) is 0 Å². The number of ether oxygens (including phenoxy) is 1. The van der Waals surface area contributed by atoms with Gasteiger partial charge in [0.15, 0.2) is 0 Å². The lowest BCUT2D eigenvalue weighted by Gasteiger charge is -2.13. The molecule has 0 saturated heterocycles. The van der Waals surface area contributed by atoms with E-state index in [4.69, 9.17) is 4.74 Å². The van der Waals surface area contributed by atoms with Gasteiger partial charge >= 0.3 is 0 Å². The molecule has 1 aliphatic rings. The standard InChI is InChI=1S/C20H26N4O2/c1-14-22-18(20(25)24-16-5-3-4-6-16)13-19(23-14)21-12-11-15-7-9-17(26-2)10-8-15/h7-10,13,16H,3-6,11-12H2,1-2H3,(H,24,25)(H,21,22,23). The van der Waals surface area contributed by atoms with Crippen LogP contribution in [-0.2, 0) is 6.42 Å². The fourth-order valence-corrected chi connectivity index (χ4v) is 3.23. The van der Waals surface area contributed by atoms with Crippen LogP contribution >= 0.6 is 0 Å². The first kappa shape index (κ1) is 18.2. The number of carbonyl (C=O) groups is 1. The van der Waals surface area contributed by atoms with E-state index in [9.17, 15) is 4.79 Å². The molecule has 1 aromatic heterocycles. The Morgan fingerprint density at radius 2 is 1.92 bits per heavy atom. The van der Waals surface area contributed by atoms with Crippen LogP contribution in [0.15, 0.2) is 30.3 Å². The minimum absolute atomic E-state index is 0.111. The number of carbonyl (C=O) groups excluding carboxylic acids is 1. The Bertz CT molecular complexity index is 740. The fraction of sp³-hybridized carbons (Fsp3) is 0.450. The van der Waals surface area contributed by atoms with Crippen LogP contribution in [-0.4, -0.2) is 35.6 Å². The quantitative estimate of drug-likeness (QED) is 0.799. The Morgan fingerprint density at radius 3 is 2.62 bits per heavy atom. The van der Waals surface area contributed by atoms with Crippen molar-refractivity contribution in [2.45, 2.75) is 45.1 Å². The molecule has 1 heterocycles. The number of amides is 1. The van der Waals surface area contributed by atoms with Gasteiger partial charge in [-0.3, -0.25) is 4.79 Å². The van der Waals surface area contributed by atoms with Gasteiger partial charge in [0.05, 0.1) is 7.11 Å². The molecular formula is C20H26N4O2. The maximum absolute atomic E-state index is 12.4. The molecule has 2 aromatic rings. The topological polar surface area (TPSA) is 76.1 Å². The van der Waals surface area contributed by atoms with Crippen molar-refractivity contribution in [3.8, 4) is 5.75 Å². The molecule has 138 valence electrons. The van der Waals surface area contributed by atoms with Crippen molar-refractivity contribution in [2.24, 2.45) is 0 Å². The Kier molecular flexibility index (Phi) is 6.04. The fourth-order valence-electron chi connectivity index (χ4n) is 3.23. The smallest absolute Gasteiger partial charge is 0.270 e. The van der Waals surface area contributed by atoms with Gasteiger partial charge in [-0.25, -0.2) is 9.97 Å². The maximum atomic E-state index is 12.4. The van der Waals surface area contributed by atoms with Crippen LogP contribution in [0.5, 0.6) is 5.75 Å². The van der Waals surface area contributed by atoms with E-state index < -0.39 is 0 Å². The molecular weight excluding hydrogens is 328 g/mol. The number of aromatic nitrogens is 2. The zero-order valence-corrected chi connectivity index (χ0v) is 15.4. The van der Waals surface area contributed by atoms with E-state index in [1.807, 2.05) is 24.3 Å². The molecule has 3 rings (SSSR count). The van der Waals surface area contributed by atoms with Crippen molar-refractivity contribution < 1.29 is 9.53 Å². The normalized spacial score (nSPS) is 14.2. The summed E-state index contributed by atoms with van der Waals surface area (Å²) in [6.45, 7) is 2.54. The summed E-state index contributed by atoms with van der Waals surface area (Å²) in [6, 6.07) is 10.0. The van der Waals surface area contributed by atoms with E-state index in [-0.39, 0.29) is 11.9 Å². The summed E-state index contributed by atoms with van der Waals surface area (Å²) in [5.41, 5.74) is 1.64. The van der Waals surface area contributed by atoms with Crippen LogP contribution in [0, 0.1) is 6.92 Å². The SMILES string of the molecule is COc1ccc(CCNc2cc(C(=O)NC3CCCC3)nc(C)n2)cc1. The van der Waals surface area contributed by atoms with Gasteiger partial charge in [-0.2, -0.15) is 0 Å². The zero-order chi connectivity index (χ0) is 18.4. The summed E-state index contributed by atoms with van der Waals surface area (Å²) in [5.74, 6) is 2.02. The molecule has 1 amide bonds. The molecule has 2 N–H and O–H groups in total. The molecule has 26 heavy (non-hydrogen) atoms. The number of hydrogen-bond acceptors (Lipinski definition) is 5. The second kappa shape index (κ2) is 8.65. The largest absolute Gasteiger partial charge is 0.497 e. The number of aryl methyl sites for hydroxylation is 1. The third kappa shape index (κ3) is 4.94. The van der Waals surface area contributed by atoms with Gasteiger partial charge in [0, 0.05) is 18.7 Å². The average Bonchev–Trinajstić information content (AvgIpc) is 3.15. The van der Waals surface area contributed by atoms with E-state index in [1.54, 1.807) is 20.1 Å². The molecule has 0 unspecified atom stereocenters. The number of benzene rings is 1.